The zero-order valence-corrected chi connectivity index (χ0v) is 14.1. The summed E-state index contributed by atoms with van der Waals surface area (Å²) in [6.07, 6.45) is 1.05. The van der Waals surface area contributed by atoms with Crippen molar-refractivity contribution >= 4 is 11.9 Å². The first kappa shape index (κ1) is 20.9. The van der Waals surface area contributed by atoms with Crippen molar-refractivity contribution in [1.82, 2.24) is 10.2 Å². The molecule has 1 aromatic rings. The van der Waals surface area contributed by atoms with Crippen LogP contribution in [-0.4, -0.2) is 67.4 Å². The number of likely N-dealkylation sites (N-methyl/N-ethyl adjacent to an activating group) is 2. The van der Waals surface area contributed by atoms with Gasteiger partial charge in [-0.05, 0) is 52.2 Å². The van der Waals surface area contributed by atoms with Crippen LogP contribution >= 0.6 is 0 Å². The maximum absolute atomic E-state index is 9.10. The molecule has 0 spiro atoms. The highest BCUT2D eigenvalue weighted by atomic mass is 16.5. The summed E-state index contributed by atoms with van der Waals surface area (Å²) in [6.45, 7) is 3.86. The fourth-order valence-electron chi connectivity index (χ4n) is 1.52. The Morgan fingerprint density at radius 1 is 1.17 bits per heavy atom. The third-order valence-electron chi connectivity index (χ3n) is 2.95. The van der Waals surface area contributed by atoms with Gasteiger partial charge >= 0.3 is 11.9 Å². The number of aliphatic carboxylic acids is 2. The summed E-state index contributed by atoms with van der Waals surface area (Å²) in [4.78, 5) is 20.3. The number of ether oxygens (including phenoxy) is 1. The number of rotatable bonds is 7. The van der Waals surface area contributed by atoms with Crippen molar-refractivity contribution in [2.75, 3.05) is 34.3 Å². The molecule has 0 bridgehead atoms. The predicted octanol–water partition coefficient (Wildman–Crippen LogP) is 0.933. The Morgan fingerprint density at radius 2 is 1.70 bits per heavy atom. The van der Waals surface area contributed by atoms with Crippen LogP contribution in [0.3, 0.4) is 0 Å². The van der Waals surface area contributed by atoms with E-state index >= 15 is 0 Å². The van der Waals surface area contributed by atoms with E-state index in [1.54, 1.807) is 0 Å². The van der Waals surface area contributed by atoms with Gasteiger partial charge in [-0.2, -0.15) is 0 Å². The van der Waals surface area contributed by atoms with Crippen LogP contribution in [0.5, 0.6) is 5.75 Å². The first-order valence-corrected chi connectivity index (χ1v) is 7.26. The van der Waals surface area contributed by atoms with Crippen molar-refractivity contribution in [3.63, 3.8) is 0 Å². The maximum atomic E-state index is 9.10. The van der Waals surface area contributed by atoms with Gasteiger partial charge in [-0.1, -0.05) is 12.1 Å². The van der Waals surface area contributed by atoms with Crippen molar-refractivity contribution in [3.8, 4) is 5.75 Å². The lowest BCUT2D eigenvalue weighted by Crippen LogP contribution is -2.23. The minimum atomic E-state index is -1.82. The largest absolute Gasteiger partial charge is 0.492 e. The van der Waals surface area contributed by atoms with Gasteiger partial charge < -0.3 is 25.2 Å². The summed E-state index contributed by atoms with van der Waals surface area (Å²) in [5, 5.41) is 18.0. The standard InChI is InChI=1S/C14H24N2O.C2H2O4/c1-12(15-2)11-13-5-7-14(8-6-13)17-10-9-16(3)4;3-1(4)2(5)6/h5-8,12,15H,9-11H2,1-4H3;(H,3,4)(H,5,6). The number of nitrogens with zero attached hydrogens (tertiary/aromatic N) is 1. The van der Waals surface area contributed by atoms with Gasteiger partial charge in [0.05, 0.1) is 0 Å². The number of carboxylic acids is 2. The Hall–Kier alpha value is -2.12. The van der Waals surface area contributed by atoms with Gasteiger partial charge in [-0.3, -0.25) is 0 Å². The van der Waals surface area contributed by atoms with E-state index in [1.807, 2.05) is 33.3 Å². The van der Waals surface area contributed by atoms with Crippen molar-refractivity contribution in [2.24, 2.45) is 0 Å². The molecule has 0 aliphatic rings. The Kier molecular flexibility index (Phi) is 10.4. The van der Waals surface area contributed by atoms with E-state index in [4.69, 9.17) is 24.5 Å². The van der Waals surface area contributed by atoms with Crippen LogP contribution in [0.25, 0.3) is 0 Å². The minimum Gasteiger partial charge on any atom is -0.492 e. The third kappa shape index (κ3) is 11.1. The molecule has 130 valence electrons. The molecule has 3 N–H and O–H groups in total. The molecule has 7 nitrogen and oxygen atoms in total. The lowest BCUT2D eigenvalue weighted by molar-refractivity contribution is -0.159. The molecular weight excluding hydrogens is 300 g/mol. The first-order chi connectivity index (χ1) is 10.8. The topological polar surface area (TPSA) is 99.1 Å². The fourth-order valence-corrected chi connectivity index (χ4v) is 1.52. The van der Waals surface area contributed by atoms with Gasteiger partial charge in [0.1, 0.15) is 12.4 Å². The summed E-state index contributed by atoms with van der Waals surface area (Å²) in [5.74, 6) is -2.70. The molecule has 0 aliphatic heterocycles. The molecule has 1 unspecified atom stereocenters. The second-order valence-corrected chi connectivity index (χ2v) is 5.30. The average molecular weight is 326 g/mol. The summed E-state index contributed by atoms with van der Waals surface area (Å²) < 4.78 is 5.65. The molecule has 0 fully saturated rings. The Balaban J connectivity index is 0.000000688. The zero-order chi connectivity index (χ0) is 17.8. The normalized spacial score (nSPS) is 11.3. The minimum absolute atomic E-state index is 0.510. The number of carboxylic acid groups (broad SMARTS) is 2. The molecule has 0 saturated heterocycles. The molecule has 1 rings (SSSR count). The smallest absolute Gasteiger partial charge is 0.414 e. The molecule has 23 heavy (non-hydrogen) atoms. The summed E-state index contributed by atoms with van der Waals surface area (Å²) in [5.41, 5.74) is 1.34. The summed E-state index contributed by atoms with van der Waals surface area (Å²) in [7, 11) is 6.08. The van der Waals surface area contributed by atoms with Crippen molar-refractivity contribution in [3.05, 3.63) is 29.8 Å². The third-order valence-corrected chi connectivity index (χ3v) is 2.95. The van der Waals surface area contributed by atoms with E-state index in [0.29, 0.717) is 6.04 Å². The van der Waals surface area contributed by atoms with E-state index in [0.717, 1.165) is 25.3 Å². The zero-order valence-electron chi connectivity index (χ0n) is 14.1. The molecule has 0 aromatic heterocycles. The molecule has 0 radical (unpaired) electrons. The predicted molar refractivity (Wildman–Crippen MR) is 88.0 cm³/mol. The Morgan fingerprint density at radius 3 is 2.09 bits per heavy atom. The average Bonchev–Trinajstić information content (AvgIpc) is 2.49. The number of nitrogens with one attached hydrogen (secondary N) is 1. The maximum Gasteiger partial charge on any atom is 0.414 e. The van der Waals surface area contributed by atoms with Crippen LogP contribution in [0, 0.1) is 0 Å². The van der Waals surface area contributed by atoms with Crippen LogP contribution in [-0.2, 0) is 16.0 Å². The second-order valence-electron chi connectivity index (χ2n) is 5.30. The highest BCUT2D eigenvalue weighted by molar-refractivity contribution is 6.27. The number of carbonyl (C=O) groups is 2. The SMILES string of the molecule is CNC(C)Cc1ccc(OCCN(C)C)cc1.O=C(O)C(=O)O. The van der Waals surface area contributed by atoms with Crippen LogP contribution in [0.2, 0.25) is 0 Å². The van der Waals surface area contributed by atoms with Gasteiger partial charge in [0.2, 0.25) is 0 Å². The number of hydrogen-bond acceptors (Lipinski definition) is 5. The number of benzene rings is 1. The molecule has 0 amide bonds. The molecule has 1 aromatic carbocycles. The second kappa shape index (κ2) is 11.4. The molecular formula is C16H26N2O5. The van der Waals surface area contributed by atoms with E-state index in [9.17, 15) is 0 Å². The van der Waals surface area contributed by atoms with Gasteiger partial charge in [0.15, 0.2) is 0 Å². The van der Waals surface area contributed by atoms with Gasteiger partial charge in [0.25, 0.3) is 0 Å². The molecule has 0 aliphatic carbocycles. The summed E-state index contributed by atoms with van der Waals surface area (Å²) >= 11 is 0. The van der Waals surface area contributed by atoms with Crippen molar-refractivity contribution in [2.45, 2.75) is 19.4 Å². The fraction of sp³-hybridized carbons (Fsp3) is 0.500. The Labute approximate surface area is 136 Å². The van der Waals surface area contributed by atoms with Crippen LogP contribution in [0.4, 0.5) is 0 Å². The van der Waals surface area contributed by atoms with Crippen LogP contribution in [0.15, 0.2) is 24.3 Å². The number of hydrogen-bond donors (Lipinski definition) is 3. The van der Waals surface area contributed by atoms with E-state index < -0.39 is 11.9 Å². The lowest BCUT2D eigenvalue weighted by Gasteiger charge is -2.12. The van der Waals surface area contributed by atoms with Crippen LogP contribution in [0.1, 0.15) is 12.5 Å². The molecule has 0 heterocycles. The van der Waals surface area contributed by atoms with Crippen molar-refractivity contribution in [1.29, 1.82) is 0 Å². The Bertz CT molecular complexity index is 462. The van der Waals surface area contributed by atoms with E-state index in [2.05, 4.69) is 29.3 Å². The lowest BCUT2D eigenvalue weighted by atomic mass is 10.1. The molecule has 0 saturated carbocycles. The highest BCUT2D eigenvalue weighted by Gasteiger charge is 2.04. The monoisotopic (exact) mass is 326 g/mol. The van der Waals surface area contributed by atoms with Gasteiger partial charge in [-0.15, -0.1) is 0 Å². The molecule has 7 heteroatoms. The van der Waals surface area contributed by atoms with Crippen LogP contribution < -0.4 is 10.1 Å². The van der Waals surface area contributed by atoms with E-state index in [1.165, 1.54) is 5.56 Å². The summed E-state index contributed by atoms with van der Waals surface area (Å²) in [6, 6.07) is 8.88. The van der Waals surface area contributed by atoms with Gasteiger partial charge in [0, 0.05) is 12.6 Å². The van der Waals surface area contributed by atoms with Gasteiger partial charge in [-0.25, -0.2) is 9.59 Å². The quantitative estimate of drug-likeness (QED) is 0.641. The molecule has 1 atom stereocenters. The first-order valence-electron chi connectivity index (χ1n) is 7.26. The van der Waals surface area contributed by atoms with E-state index in [-0.39, 0.29) is 0 Å². The van der Waals surface area contributed by atoms with Crippen molar-refractivity contribution < 1.29 is 24.5 Å². The highest BCUT2D eigenvalue weighted by Crippen LogP contribution is 2.13.